The lowest BCUT2D eigenvalue weighted by Crippen LogP contribution is -2.53. The molecule has 2 unspecified atom stereocenters. The van der Waals surface area contributed by atoms with Crippen molar-refractivity contribution in [2.45, 2.75) is 17.6 Å². The first kappa shape index (κ1) is 27.1. The first-order valence-corrected chi connectivity index (χ1v) is 14.3. The van der Waals surface area contributed by atoms with Crippen molar-refractivity contribution in [1.29, 1.82) is 0 Å². The van der Waals surface area contributed by atoms with Crippen molar-refractivity contribution in [2.75, 3.05) is 0 Å². The lowest BCUT2D eigenvalue weighted by atomic mass is 9.67. The second-order valence-corrected chi connectivity index (χ2v) is 11.2. The largest absolute Gasteiger partial charge is 0.482 e. The van der Waals surface area contributed by atoms with Crippen LogP contribution in [0.4, 0.5) is 0 Å². The zero-order valence-electron chi connectivity index (χ0n) is 19.6. The summed E-state index contributed by atoms with van der Waals surface area (Å²) in [4.78, 5) is 29.4. The van der Waals surface area contributed by atoms with Crippen molar-refractivity contribution in [2.24, 2.45) is 0 Å². The molecule has 0 saturated carbocycles. The van der Waals surface area contributed by atoms with Gasteiger partial charge in [-0.2, -0.15) is 4.31 Å². The SMILES string of the molecule is O=P(O)(O)OP(=O)(O)OC(c1ccccc1)(c1ccccc1)C(O)(Cc1ccccc1)c1ccccc1. The molecule has 4 rings (SSSR count). The molecule has 4 N–H and O–H groups in total. The van der Waals surface area contributed by atoms with Gasteiger partial charge in [0.05, 0.1) is 0 Å². The van der Waals surface area contributed by atoms with Crippen LogP contribution >= 0.6 is 15.6 Å². The second-order valence-electron chi connectivity index (χ2n) is 8.43. The van der Waals surface area contributed by atoms with Gasteiger partial charge in [0, 0.05) is 6.42 Å². The molecule has 8 nitrogen and oxygen atoms in total. The summed E-state index contributed by atoms with van der Waals surface area (Å²) in [5, 5.41) is 12.8. The van der Waals surface area contributed by atoms with Crippen LogP contribution in [-0.2, 0) is 35.6 Å². The molecule has 0 saturated heterocycles. The Labute approximate surface area is 214 Å². The third-order valence-electron chi connectivity index (χ3n) is 5.96. The quantitative estimate of drug-likeness (QED) is 0.200. The van der Waals surface area contributed by atoms with Crippen LogP contribution in [0.3, 0.4) is 0 Å². The van der Waals surface area contributed by atoms with Gasteiger partial charge in [0.1, 0.15) is 5.60 Å². The second kappa shape index (κ2) is 10.8. The van der Waals surface area contributed by atoms with Gasteiger partial charge in [-0.25, -0.2) is 9.13 Å². The highest BCUT2D eigenvalue weighted by atomic mass is 31.3. The topological polar surface area (TPSA) is 134 Å². The summed E-state index contributed by atoms with van der Waals surface area (Å²) in [5.74, 6) is 0. The molecule has 0 fully saturated rings. The standard InChI is InChI=1S/C27H26O8P2/c28-26(23-15-7-2-8-16-23,21-22-13-5-1-6-14-22)27(24-17-9-3-10-18-24,25-19-11-4-12-20-25)34-37(32,33)35-36(29,30)31/h1-20,28H,21H2,(H,32,33)(H2,29,30,31). The van der Waals surface area contributed by atoms with Crippen molar-refractivity contribution in [3.8, 4) is 0 Å². The van der Waals surface area contributed by atoms with Gasteiger partial charge in [-0.1, -0.05) is 121 Å². The van der Waals surface area contributed by atoms with E-state index in [9.17, 15) is 28.9 Å². The smallest absolute Gasteiger partial charge is 0.381 e. The monoisotopic (exact) mass is 540 g/mol. The average Bonchev–Trinajstić information content (AvgIpc) is 2.88. The van der Waals surface area contributed by atoms with E-state index in [-0.39, 0.29) is 17.5 Å². The van der Waals surface area contributed by atoms with Crippen molar-refractivity contribution in [3.05, 3.63) is 144 Å². The van der Waals surface area contributed by atoms with E-state index in [4.69, 9.17) is 4.52 Å². The van der Waals surface area contributed by atoms with Crippen molar-refractivity contribution in [3.63, 3.8) is 0 Å². The van der Waals surface area contributed by atoms with Gasteiger partial charge < -0.3 is 19.8 Å². The molecule has 2 atom stereocenters. The molecule has 0 aliphatic heterocycles. The fourth-order valence-electron chi connectivity index (χ4n) is 4.53. The lowest BCUT2D eigenvalue weighted by Gasteiger charge is -2.48. The number of aliphatic hydroxyl groups is 1. The highest BCUT2D eigenvalue weighted by molar-refractivity contribution is 7.60. The molecule has 0 heterocycles. The Bertz CT molecular complexity index is 1360. The first-order chi connectivity index (χ1) is 17.6. The van der Waals surface area contributed by atoms with Gasteiger partial charge in [-0.3, -0.25) is 4.52 Å². The predicted molar refractivity (Wildman–Crippen MR) is 138 cm³/mol. The first-order valence-electron chi connectivity index (χ1n) is 11.3. The Hall–Kier alpha value is -2.90. The number of rotatable bonds is 10. The molecule has 0 bridgehead atoms. The number of hydrogen-bond donors (Lipinski definition) is 4. The van der Waals surface area contributed by atoms with Crippen LogP contribution in [-0.4, -0.2) is 19.8 Å². The Morgan fingerprint density at radius 1 is 0.595 bits per heavy atom. The molecule has 0 aromatic heterocycles. The van der Waals surface area contributed by atoms with Gasteiger partial charge in [0.2, 0.25) is 0 Å². The van der Waals surface area contributed by atoms with Gasteiger partial charge >= 0.3 is 15.6 Å². The molecule has 0 aliphatic carbocycles. The van der Waals surface area contributed by atoms with Gasteiger partial charge in [-0.05, 0) is 22.3 Å². The molecule has 0 amide bonds. The van der Waals surface area contributed by atoms with Crippen molar-refractivity contribution < 1.29 is 37.8 Å². The fraction of sp³-hybridized carbons (Fsp3) is 0.111. The predicted octanol–water partition coefficient (Wildman–Crippen LogP) is 5.29. The summed E-state index contributed by atoms with van der Waals surface area (Å²) in [5.41, 5.74) is -2.74. The van der Waals surface area contributed by atoms with Crippen LogP contribution in [0.15, 0.2) is 121 Å². The maximum atomic E-state index is 13.2. The molecule has 4 aromatic carbocycles. The summed E-state index contributed by atoms with van der Waals surface area (Å²) in [6.07, 6.45) is -0.0997. The summed E-state index contributed by atoms with van der Waals surface area (Å²) >= 11 is 0. The average molecular weight is 540 g/mol. The van der Waals surface area contributed by atoms with E-state index in [2.05, 4.69) is 4.31 Å². The Morgan fingerprint density at radius 3 is 1.38 bits per heavy atom. The molecule has 0 radical (unpaired) electrons. The zero-order chi connectivity index (χ0) is 26.6. The van der Waals surface area contributed by atoms with E-state index in [0.29, 0.717) is 11.1 Å². The normalized spacial score (nSPS) is 15.5. The minimum Gasteiger partial charge on any atom is -0.381 e. The Morgan fingerprint density at radius 2 is 0.973 bits per heavy atom. The van der Waals surface area contributed by atoms with Crippen molar-refractivity contribution >= 4 is 15.6 Å². The lowest BCUT2D eigenvalue weighted by molar-refractivity contribution is -0.133. The molecule has 0 aliphatic rings. The van der Waals surface area contributed by atoms with Crippen LogP contribution < -0.4 is 0 Å². The zero-order valence-corrected chi connectivity index (χ0v) is 21.4. The third kappa shape index (κ3) is 5.99. The van der Waals surface area contributed by atoms with Crippen LogP contribution in [0.1, 0.15) is 22.3 Å². The summed E-state index contributed by atoms with van der Waals surface area (Å²) in [7, 11) is -11.0. The van der Waals surface area contributed by atoms with Crippen molar-refractivity contribution in [1.82, 2.24) is 0 Å². The molecule has 37 heavy (non-hydrogen) atoms. The highest BCUT2D eigenvalue weighted by Crippen LogP contribution is 2.64. The molecule has 0 spiro atoms. The van der Waals surface area contributed by atoms with Gasteiger partial charge in [-0.15, -0.1) is 0 Å². The summed E-state index contributed by atoms with van der Waals surface area (Å²) in [6, 6.07) is 34.0. The third-order valence-corrected chi connectivity index (χ3v) is 8.14. The number of hydrogen-bond acceptors (Lipinski definition) is 5. The summed E-state index contributed by atoms with van der Waals surface area (Å²) in [6.45, 7) is 0. The summed E-state index contributed by atoms with van der Waals surface area (Å²) < 4.78 is 34.9. The number of phosphoric ester groups is 1. The van der Waals surface area contributed by atoms with Crippen LogP contribution in [0.5, 0.6) is 0 Å². The molecule has 192 valence electrons. The minimum absolute atomic E-state index is 0.0997. The Balaban J connectivity index is 2.10. The van der Waals surface area contributed by atoms with E-state index in [1.165, 1.54) is 0 Å². The van der Waals surface area contributed by atoms with Gasteiger partial charge in [0.15, 0.2) is 5.60 Å². The molecular formula is C27H26O8P2. The van der Waals surface area contributed by atoms with E-state index >= 15 is 0 Å². The van der Waals surface area contributed by atoms with E-state index in [1.807, 2.05) is 6.07 Å². The minimum atomic E-state index is -5.51. The van der Waals surface area contributed by atoms with E-state index in [1.54, 1.807) is 115 Å². The Kier molecular flexibility index (Phi) is 7.95. The van der Waals surface area contributed by atoms with Gasteiger partial charge in [0.25, 0.3) is 0 Å². The molecule has 10 heteroatoms. The van der Waals surface area contributed by atoms with Crippen LogP contribution in [0.25, 0.3) is 0 Å². The number of phosphoric acid groups is 2. The maximum Gasteiger partial charge on any atom is 0.482 e. The van der Waals surface area contributed by atoms with Crippen LogP contribution in [0, 0.1) is 0 Å². The highest BCUT2D eigenvalue weighted by Gasteiger charge is 2.59. The number of benzene rings is 4. The molecule has 4 aromatic rings. The van der Waals surface area contributed by atoms with E-state index in [0.717, 1.165) is 0 Å². The fourth-order valence-corrected chi connectivity index (χ4v) is 6.45. The molecular weight excluding hydrogens is 514 g/mol. The van der Waals surface area contributed by atoms with E-state index < -0.39 is 26.8 Å². The maximum absolute atomic E-state index is 13.2. The van der Waals surface area contributed by atoms with Crippen LogP contribution in [0.2, 0.25) is 0 Å².